The molecular weight excluding hydrogens is 338 g/mol. The second-order valence-corrected chi connectivity index (χ2v) is 5.96. The smallest absolute Gasteiger partial charge is 0.238 e. The number of hydrogen-bond donors (Lipinski definition) is 1. The Morgan fingerprint density at radius 3 is 2.64 bits per heavy atom. The SMILES string of the molecule is O=C(CN(Cc1ccccc1)Cc1ccco1)Nc1cccnc1Cl. The third kappa shape index (κ3) is 5.17. The van der Waals surface area contributed by atoms with Crippen LogP contribution in [-0.2, 0) is 17.9 Å². The lowest BCUT2D eigenvalue weighted by molar-refractivity contribution is -0.117. The standard InChI is InChI=1S/C19H18ClN3O2/c20-19-17(9-4-10-21-19)22-18(24)14-23(13-16-8-5-11-25-16)12-15-6-2-1-3-7-15/h1-11H,12-14H2,(H,22,24). The van der Waals surface area contributed by atoms with Crippen molar-refractivity contribution in [3.63, 3.8) is 0 Å². The second-order valence-electron chi connectivity index (χ2n) is 5.60. The summed E-state index contributed by atoms with van der Waals surface area (Å²) in [6, 6.07) is 17.2. The van der Waals surface area contributed by atoms with Gasteiger partial charge in [-0.3, -0.25) is 9.69 Å². The minimum Gasteiger partial charge on any atom is -0.468 e. The first-order chi connectivity index (χ1) is 12.2. The van der Waals surface area contributed by atoms with E-state index in [1.54, 1.807) is 24.6 Å². The molecule has 5 nitrogen and oxygen atoms in total. The predicted molar refractivity (Wildman–Crippen MR) is 97.1 cm³/mol. The van der Waals surface area contributed by atoms with Crippen LogP contribution in [0.2, 0.25) is 5.15 Å². The molecule has 0 aliphatic carbocycles. The minimum atomic E-state index is -0.155. The summed E-state index contributed by atoms with van der Waals surface area (Å²) in [5.74, 6) is 0.653. The number of anilines is 1. The Kier molecular flexibility index (Phi) is 5.82. The van der Waals surface area contributed by atoms with Crippen molar-refractivity contribution in [2.24, 2.45) is 0 Å². The molecule has 0 aliphatic heterocycles. The molecule has 1 N–H and O–H groups in total. The average Bonchev–Trinajstić information content (AvgIpc) is 3.11. The van der Waals surface area contributed by atoms with Crippen molar-refractivity contribution in [1.29, 1.82) is 0 Å². The highest BCUT2D eigenvalue weighted by molar-refractivity contribution is 6.32. The molecule has 3 aromatic rings. The van der Waals surface area contributed by atoms with E-state index in [2.05, 4.69) is 10.3 Å². The van der Waals surface area contributed by atoms with Gasteiger partial charge in [0, 0.05) is 12.7 Å². The number of aromatic nitrogens is 1. The van der Waals surface area contributed by atoms with Crippen molar-refractivity contribution >= 4 is 23.2 Å². The summed E-state index contributed by atoms with van der Waals surface area (Å²) in [4.78, 5) is 18.4. The number of amides is 1. The molecule has 0 saturated carbocycles. The first-order valence-electron chi connectivity index (χ1n) is 7.90. The van der Waals surface area contributed by atoms with Crippen LogP contribution in [0.1, 0.15) is 11.3 Å². The lowest BCUT2D eigenvalue weighted by atomic mass is 10.2. The maximum absolute atomic E-state index is 12.4. The summed E-state index contributed by atoms with van der Waals surface area (Å²) < 4.78 is 5.42. The summed E-state index contributed by atoms with van der Waals surface area (Å²) in [5, 5.41) is 3.07. The number of benzene rings is 1. The fraction of sp³-hybridized carbons (Fsp3) is 0.158. The van der Waals surface area contributed by atoms with Gasteiger partial charge in [0.15, 0.2) is 5.15 Å². The molecule has 0 aliphatic rings. The Balaban J connectivity index is 1.68. The van der Waals surface area contributed by atoms with Crippen LogP contribution >= 0.6 is 11.6 Å². The van der Waals surface area contributed by atoms with E-state index >= 15 is 0 Å². The Bertz CT molecular complexity index is 807. The molecular formula is C19H18ClN3O2. The van der Waals surface area contributed by atoms with Crippen molar-refractivity contribution < 1.29 is 9.21 Å². The minimum absolute atomic E-state index is 0.155. The van der Waals surface area contributed by atoms with E-state index in [-0.39, 0.29) is 17.6 Å². The third-order valence-corrected chi connectivity index (χ3v) is 3.91. The average molecular weight is 356 g/mol. The van der Waals surface area contributed by atoms with E-state index < -0.39 is 0 Å². The first kappa shape index (κ1) is 17.2. The summed E-state index contributed by atoms with van der Waals surface area (Å²) in [7, 11) is 0. The Hall–Kier alpha value is -2.63. The molecule has 25 heavy (non-hydrogen) atoms. The van der Waals surface area contributed by atoms with E-state index in [4.69, 9.17) is 16.0 Å². The number of pyridine rings is 1. The van der Waals surface area contributed by atoms with Crippen molar-refractivity contribution in [3.05, 3.63) is 83.5 Å². The molecule has 0 radical (unpaired) electrons. The summed E-state index contributed by atoms with van der Waals surface area (Å²) in [6.45, 7) is 1.38. The molecule has 2 aromatic heterocycles. The summed E-state index contributed by atoms with van der Waals surface area (Å²) >= 11 is 6.00. The fourth-order valence-electron chi connectivity index (χ4n) is 2.50. The predicted octanol–water partition coefficient (Wildman–Crippen LogP) is 3.97. The zero-order valence-electron chi connectivity index (χ0n) is 13.6. The number of rotatable bonds is 7. The largest absolute Gasteiger partial charge is 0.468 e. The molecule has 3 rings (SSSR count). The van der Waals surface area contributed by atoms with Gasteiger partial charge in [0.25, 0.3) is 0 Å². The van der Waals surface area contributed by atoms with Crippen molar-refractivity contribution in [2.75, 3.05) is 11.9 Å². The van der Waals surface area contributed by atoms with Gasteiger partial charge in [-0.15, -0.1) is 0 Å². The number of nitrogens with zero attached hydrogens (tertiary/aromatic N) is 2. The highest BCUT2D eigenvalue weighted by Crippen LogP contribution is 2.18. The van der Waals surface area contributed by atoms with Gasteiger partial charge in [-0.2, -0.15) is 0 Å². The van der Waals surface area contributed by atoms with Gasteiger partial charge in [-0.1, -0.05) is 41.9 Å². The Labute approximate surface area is 151 Å². The summed E-state index contributed by atoms with van der Waals surface area (Å²) in [5.41, 5.74) is 1.63. The molecule has 6 heteroatoms. The number of carbonyl (C=O) groups excluding carboxylic acids is 1. The maximum atomic E-state index is 12.4. The van der Waals surface area contributed by atoms with Crippen LogP contribution in [0.25, 0.3) is 0 Å². The first-order valence-corrected chi connectivity index (χ1v) is 8.27. The van der Waals surface area contributed by atoms with Crippen LogP contribution in [-0.4, -0.2) is 22.3 Å². The molecule has 0 saturated heterocycles. The van der Waals surface area contributed by atoms with Crippen LogP contribution in [0.5, 0.6) is 0 Å². The molecule has 0 atom stereocenters. The molecule has 1 aromatic carbocycles. The Morgan fingerprint density at radius 2 is 1.92 bits per heavy atom. The highest BCUT2D eigenvalue weighted by atomic mass is 35.5. The van der Waals surface area contributed by atoms with Crippen LogP contribution < -0.4 is 5.32 Å². The molecule has 128 valence electrons. The second kappa shape index (κ2) is 8.46. The van der Waals surface area contributed by atoms with E-state index in [1.807, 2.05) is 47.4 Å². The molecule has 0 spiro atoms. The van der Waals surface area contributed by atoms with Crippen molar-refractivity contribution in [1.82, 2.24) is 9.88 Å². The molecule has 1 amide bonds. The van der Waals surface area contributed by atoms with E-state index in [9.17, 15) is 4.79 Å². The lowest BCUT2D eigenvalue weighted by Crippen LogP contribution is -2.32. The van der Waals surface area contributed by atoms with Crippen molar-refractivity contribution in [2.45, 2.75) is 13.1 Å². The van der Waals surface area contributed by atoms with E-state index in [0.717, 1.165) is 11.3 Å². The number of nitrogens with one attached hydrogen (secondary N) is 1. The van der Waals surface area contributed by atoms with Gasteiger partial charge < -0.3 is 9.73 Å². The topological polar surface area (TPSA) is 58.4 Å². The summed E-state index contributed by atoms with van der Waals surface area (Å²) in [6.07, 6.45) is 3.21. The number of hydrogen-bond acceptors (Lipinski definition) is 4. The quantitative estimate of drug-likeness (QED) is 0.651. The fourth-order valence-corrected chi connectivity index (χ4v) is 2.67. The van der Waals surface area contributed by atoms with Gasteiger partial charge in [0.1, 0.15) is 5.76 Å². The number of furan rings is 1. The number of carbonyl (C=O) groups is 1. The van der Waals surface area contributed by atoms with Crippen LogP contribution in [0.4, 0.5) is 5.69 Å². The molecule has 0 fully saturated rings. The normalized spacial score (nSPS) is 10.8. The van der Waals surface area contributed by atoms with Gasteiger partial charge >= 0.3 is 0 Å². The molecule has 2 heterocycles. The van der Waals surface area contributed by atoms with Crippen LogP contribution in [0, 0.1) is 0 Å². The molecule has 0 unspecified atom stereocenters. The van der Waals surface area contributed by atoms with Crippen molar-refractivity contribution in [3.8, 4) is 0 Å². The zero-order valence-corrected chi connectivity index (χ0v) is 14.3. The molecule has 0 bridgehead atoms. The Morgan fingerprint density at radius 1 is 1.08 bits per heavy atom. The van der Waals surface area contributed by atoms with E-state index in [0.29, 0.717) is 18.8 Å². The maximum Gasteiger partial charge on any atom is 0.238 e. The van der Waals surface area contributed by atoms with Gasteiger partial charge in [-0.25, -0.2) is 4.98 Å². The highest BCUT2D eigenvalue weighted by Gasteiger charge is 2.14. The number of halogens is 1. The van der Waals surface area contributed by atoms with Crippen LogP contribution in [0.3, 0.4) is 0 Å². The zero-order chi connectivity index (χ0) is 17.5. The van der Waals surface area contributed by atoms with Gasteiger partial charge in [0.05, 0.1) is 25.0 Å². The van der Waals surface area contributed by atoms with Crippen LogP contribution in [0.15, 0.2) is 71.5 Å². The van der Waals surface area contributed by atoms with E-state index in [1.165, 1.54) is 0 Å². The van der Waals surface area contributed by atoms with Gasteiger partial charge in [0.2, 0.25) is 5.91 Å². The third-order valence-electron chi connectivity index (χ3n) is 3.61. The monoisotopic (exact) mass is 355 g/mol. The van der Waals surface area contributed by atoms with Gasteiger partial charge in [-0.05, 0) is 29.8 Å². The lowest BCUT2D eigenvalue weighted by Gasteiger charge is -2.21.